The highest BCUT2D eigenvalue weighted by Gasteiger charge is 2.23. The van der Waals surface area contributed by atoms with Crippen molar-refractivity contribution in [2.75, 3.05) is 13.7 Å². The molecule has 84 valence electrons. The number of ether oxygens (including phenoxy) is 1. The molecule has 0 spiro atoms. The summed E-state index contributed by atoms with van der Waals surface area (Å²) in [5.41, 5.74) is -0.0641. The Bertz CT molecular complexity index is 338. The molecule has 0 saturated heterocycles. The number of aliphatic hydroxyl groups excluding tert-OH is 1. The Labute approximate surface area is 88.1 Å². The number of benzene rings is 1. The van der Waals surface area contributed by atoms with Gasteiger partial charge in [0, 0.05) is 5.41 Å². The van der Waals surface area contributed by atoms with Gasteiger partial charge >= 0.3 is 0 Å². The van der Waals surface area contributed by atoms with Gasteiger partial charge in [-0.1, -0.05) is 13.8 Å². The van der Waals surface area contributed by atoms with Gasteiger partial charge < -0.3 is 14.9 Å². The molecule has 0 bridgehead atoms. The van der Waals surface area contributed by atoms with Gasteiger partial charge in [-0.25, -0.2) is 4.39 Å². The zero-order valence-electron chi connectivity index (χ0n) is 9.04. The van der Waals surface area contributed by atoms with Gasteiger partial charge in [0.1, 0.15) is 0 Å². The van der Waals surface area contributed by atoms with Crippen LogP contribution in [0.2, 0.25) is 0 Å². The van der Waals surface area contributed by atoms with Crippen LogP contribution in [0.3, 0.4) is 0 Å². The molecule has 0 radical (unpaired) electrons. The fraction of sp³-hybridized carbons (Fsp3) is 0.455. The number of hydrogen-bond acceptors (Lipinski definition) is 3. The molecule has 0 unspecified atom stereocenters. The van der Waals surface area contributed by atoms with E-state index in [1.807, 2.05) is 0 Å². The normalized spacial score (nSPS) is 11.5. The van der Waals surface area contributed by atoms with Gasteiger partial charge in [0.05, 0.1) is 13.7 Å². The lowest BCUT2D eigenvalue weighted by Gasteiger charge is -2.23. The Morgan fingerprint density at radius 1 is 1.40 bits per heavy atom. The molecule has 0 amide bonds. The van der Waals surface area contributed by atoms with E-state index < -0.39 is 11.2 Å². The first kappa shape index (κ1) is 11.8. The molecule has 0 atom stereocenters. The predicted molar refractivity (Wildman–Crippen MR) is 54.7 cm³/mol. The van der Waals surface area contributed by atoms with E-state index in [-0.39, 0.29) is 18.1 Å². The largest absolute Gasteiger partial charge is 0.504 e. The number of rotatable bonds is 3. The van der Waals surface area contributed by atoms with Crippen molar-refractivity contribution in [2.45, 2.75) is 19.3 Å². The lowest BCUT2D eigenvalue weighted by Crippen LogP contribution is -2.22. The van der Waals surface area contributed by atoms with E-state index in [0.29, 0.717) is 5.56 Å². The molecule has 0 aliphatic rings. The Kier molecular flexibility index (Phi) is 3.19. The third-order valence-electron chi connectivity index (χ3n) is 2.40. The van der Waals surface area contributed by atoms with Crippen LogP contribution in [-0.2, 0) is 5.41 Å². The number of phenols is 1. The van der Waals surface area contributed by atoms with Crippen molar-refractivity contribution in [1.82, 2.24) is 0 Å². The van der Waals surface area contributed by atoms with Gasteiger partial charge in [-0.05, 0) is 17.7 Å². The predicted octanol–water partition coefficient (Wildman–Crippen LogP) is 1.81. The first-order chi connectivity index (χ1) is 6.92. The molecular weight excluding hydrogens is 199 g/mol. The van der Waals surface area contributed by atoms with Crippen molar-refractivity contribution in [2.24, 2.45) is 0 Å². The maximum Gasteiger partial charge on any atom is 0.196 e. The third kappa shape index (κ3) is 2.21. The molecule has 0 aliphatic heterocycles. The minimum atomic E-state index is -0.631. The quantitative estimate of drug-likeness (QED) is 0.806. The van der Waals surface area contributed by atoms with Crippen LogP contribution in [0.4, 0.5) is 4.39 Å². The van der Waals surface area contributed by atoms with Crippen LogP contribution in [0, 0.1) is 5.82 Å². The molecule has 1 aromatic rings. The molecular formula is C11H15FO3. The molecule has 2 N–H and O–H groups in total. The SMILES string of the molecule is COc1c(O)cc(C(C)(C)CO)cc1F. The molecule has 0 fully saturated rings. The van der Waals surface area contributed by atoms with Crippen molar-refractivity contribution >= 4 is 0 Å². The van der Waals surface area contributed by atoms with Gasteiger partial charge in [0.15, 0.2) is 17.3 Å². The summed E-state index contributed by atoms with van der Waals surface area (Å²) >= 11 is 0. The van der Waals surface area contributed by atoms with Crippen LogP contribution in [0.5, 0.6) is 11.5 Å². The molecule has 4 heteroatoms. The van der Waals surface area contributed by atoms with Crippen LogP contribution in [-0.4, -0.2) is 23.9 Å². The second kappa shape index (κ2) is 4.06. The molecule has 0 saturated carbocycles. The molecule has 1 rings (SSSR count). The van der Waals surface area contributed by atoms with Crippen LogP contribution in [0.25, 0.3) is 0 Å². The number of phenolic OH excluding ortho intramolecular Hbond substituents is 1. The number of aromatic hydroxyl groups is 1. The molecule has 0 aromatic heterocycles. The topological polar surface area (TPSA) is 49.7 Å². The Morgan fingerprint density at radius 2 is 2.00 bits per heavy atom. The second-order valence-electron chi connectivity index (χ2n) is 4.05. The van der Waals surface area contributed by atoms with Gasteiger partial charge in [-0.15, -0.1) is 0 Å². The summed E-state index contributed by atoms with van der Waals surface area (Å²) in [5, 5.41) is 18.6. The van der Waals surface area contributed by atoms with E-state index in [1.54, 1.807) is 13.8 Å². The maximum absolute atomic E-state index is 13.4. The van der Waals surface area contributed by atoms with Gasteiger partial charge in [-0.2, -0.15) is 0 Å². The number of halogens is 1. The lowest BCUT2D eigenvalue weighted by molar-refractivity contribution is 0.217. The summed E-state index contributed by atoms with van der Waals surface area (Å²) in [5.74, 6) is -1.06. The van der Waals surface area contributed by atoms with Crippen LogP contribution in [0.1, 0.15) is 19.4 Å². The minimum Gasteiger partial charge on any atom is -0.504 e. The molecule has 0 aliphatic carbocycles. The average molecular weight is 214 g/mol. The lowest BCUT2D eigenvalue weighted by atomic mass is 9.85. The Morgan fingerprint density at radius 3 is 2.40 bits per heavy atom. The fourth-order valence-electron chi connectivity index (χ4n) is 1.26. The fourth-order valence-corrected chi connectivity index (χ4v) is 1.26. The smallest absolute Gasteiger partial charge is 0.196 e. The standard InChI is InChI=1S/C11H15FO3/c1-11(2,6-13)7-4-8(12)10(15-3)9(14)5-7/h4-5,13-14H,6H2,1-3H3. The number of methoxy groups -OCH3 is 1. The summed E-state index contributed by atoms with van der Waals surface area (Å²) < 4.78 is 18.1. The zero-order valence-corrected chi connectivity index (χ0v) is 9.04. The second-order valence-corrected chi connectivity index (χ2v) is 4.05. The molecule has 3 nitrogen and oxygen atoms in total. The third-order valence-corrected chi connectivity index (χ3v) is 2.40. The summed E-state index contributed by atoms with van der Waals surface area (Å²) in [6, 6.07) is 2.66. The van der Waals surface area contributed by atoms with Crippen molar-refractivity contribution < 1.29 is 19.3 Å². The minimum absolute atomic E-state index is 0.127. The van der Waals surface area contributed by atoms with Gasteiger partial charge in [-0.3, -0.25) is 0 Å². The highest BCUT2D eigenvalue weighted by Crippen LogP contribution is 2.34. The summed E-state index contributed by atoms with van der Waals surface area (Å²) in [7, 11) is 1.29. The summed E-state index contributed by atoms with van der Waals surface area (Å²) in [6.07, 6.45) is 0. The highest BCUT2D eigenvalue weighted by atomic mass is 19.1. The summed E-state index contributed by atoms with van der Waals surface area (Å²) in [4.78, 5) is 0. The van der Waals surface area contributed by atoms with E-state index >= 15 is 0 Å². The zero-order chi connectivity index (χ0) is 11.6. The van der Waals surface area contributed by atoms with Crippen molar-refractivity contribution in [3.05, 3.63) is 23.5 Å². The first-order valence-corrected chi connectivity index (χ1v) is 4.60. The Balaban J connectivity index is 3.26. The monoisotopic (exact) mass is 214 g/mol. The Hall–Kier alpha value is -1.29. The van der Waals surface area contributed by atoms with E-state index in [4.69, 9.17) is 5.11 Å². The highest BCUT2D eigenvalue weighted by molar-refractivity contribution is 5.45. The maximum atomic E-state index is 13.4. The first-order valence-electron chi connectivity index (χ1n) is 4.60. The van der Waals surface area contributed by atoms with Gasteiger partial charge in [0.2, 0.25) is 0 Å². The van der Waals surface area contributed by atoms with E-state index in [9.17, 15) is 9.50 Å². The van der Waals surface area contributed by atoms with E-state index in [2.05, 4.69) is 4.74 Å². The van der Waals surface area contributed by atoms with E-state index in [0.717, 1.165) is 0 Å². The van der Waals surface area contributed by atoms with Crippen molar-refractivity contribution in [3.63, 3.8) is 0 Å². The number of aliphatic hydroxyl groups is 1. The van der Waals surface area contributed by atoms with Crippen LogP contribution in [0.15, 0.2) is 12.1 Å². The molecule has 15 heavy (non-hydrogen) atoms. The number of hydrogen-bond donors (Lipinski definition) is 2. The van der Waals surface area contributed by atoms with Crippen LogP contribution >= 0.6 is 0 Å². The van der Waals surface area contributed by atoms with Crippen molar-refractivity contribution in [3.8, 4) is 11.5 Å². The van der Waals surface area contributed by atoms with Crippen molar-refractivity contribution in [1.29, 1.82) is 0 Å². The summed E-state index contributed by atoms with van der Waals surface area (Å²) in [6.45, 7) is 3.39. The average Bonchev–Trinajstić information content (AvgIpc) is 2.17. The molecule has 1 aromatic carbocycles. The van der Waals surface area contributed by atoms with E-state index in [1.165, 1.54) is 19.2 Å². The van der Waals surface area contributed by atoms with Gasteiger partial charge in [0.25, 0.3) is 0 Å². The van der Waals surface area contributed by atoms with Crippen LogP contribution < -0.4 is 4.74 Å². The molecule has 0 heterocycles.